The van der Waals surface area contributed by atoms with E-state index in [1.165, 1.54) is 18.9 Å². The minimum Gasteiger partial charge on any atom is -0.383 e. The molecule has 0 aliphatic heterocycles. The van der Waals surface area contributed by atoms with Crippen LogP contribution in [0.5, 0.6) is 0 Å². The molecule has 0 spiro atoms. The molecule has 1 fully saturated rings. The summed E-state index contributed by atoms with van der Waals surface area (Å²) in [5, 5.41) is 15.2. The number of fused-ring (bicyclic) bond motifs is 1. The van der Waals surface area contributed by atoms with Crippen molar-refractivity contribution in [3.63, 3.8) is 0 Å². The number of nitro groups is 1. The van der Waals surface area contributed by atoms with Gasteiger partial charge >= 0.3 is 0 Å². The van der Waals surface area contributed by atoms with E-state index in [1.54, 1.807) is 12.1 Å². The van der Waals surface area contributed by atoms with Crippen LogP contribution in [0.2, 0.25) is 0 Å². The molecule has 0 amide bonds. The van der Waals surface area contributed by atoms with E-state index in [0.29, 0.717) is 4.75 Å². The first-order chi connectivity index (χ1) is 10.0. The van der Waals surface area contributed by atoms with Crippen LogP contribution in [-0.4, -0.2) is 27.5 Å². The number of aryl methyl sites for hydroxylation is 1. The molecule has 0 radical (unpaired) electrons. The minimum absolute atomic E-state index is 0.0993. The fourth-order valence-electron chi connectivity index (χ4n) is 2.45. The second-order valence-corrected chi connectivity index (χ2v) is 6.78. The van der Waals surface area contributed by atoms with E-state index in [-0.39, 0.29) is 10.6 Å². The molecule has 1 aromatic heterocycles. The second-order valence-electron chi connectivity index (χ2n) is 5.51. The number of hydrogen-bond donors (Lipinski definition) is 1. The summed E-state index contributed by atoms with van der Waals surface area (Å²) in [6, 6.07) is 6.78. The molecule has 5 nitrogen and oxygen atoms in total. The molecule has 1 aromatic carbocycles. The second kappa shape index (κ2) is 5.18. The SMILES string of the molecule is CSC1(CNc2cc(C)nc3ccc([N+](=O)[O-])cc23)CC1. The van der Waals surface area contributed by atoms with Crippen molar-refractivity contribution in [2.24, 2.45) is 0 Å². The number of nitro benzene ring substituents is 1. The number of anilines is 1. The van der Waals surface area contributed by atoms with Crippen molar-refractivity contribution in [3.8, 4) is 0 Å². The zero-order valence-corrected chi connectivity index (χ0v) is 12.9. The van der Waals surface area contributed by atoms with Gasteiger partial charge in [0.2, 0.25) is 0 Å². The number of nitrogens with zero attached hydrogens (tertiary/aromatic N) is 2. The number of benzene rings is 1. The normalized spacial score (nSPS) is 15.9. The highest BCUT2D eigenvalue weighted by Gasteiger charge is 2.41. The maximum atomic E-state index is 11.0. The molecule has 0 saturated heterocycles. The number of non-ortho nitro benzene ring substituents is 1. The molecular weight excluding hydrogens is 286 g/mol. The molecule has 6 heteroatoms. The Labute approximate surface area is 127 Å². The van der Waals surface area contributed by atoms with Gasteiger partial charge in [-0.25, -0.2) is 0 Å². The van der Waals surface area contributed by atoms with Crippen molar-refractivity contribution in [1.82, 2.24) is 4.98 Å². The molecular formula is C15H17N3O2S. The fourth-order valence-corrected chi connectivity index (χ4v) is 3.18. The lowest BCUT2D eigenvalue weighted by molar-refractivity contribution is -0.384. The Morgan fingerprint density at radius 3 is 2.81 bits per heavy atom. The third-order valence-electron chi connectivity index (χ3n) is 3.97. The van der Waals surface area contributed by atoms with Gasteiger partial charge in [-0.3, -0.25) is 15.1 Å². The fraction of sp³-hybridized carbons (Fsp3) is 0.400. The summed E-state index contributed by atoms with van der Waals surface area (Å²) >= 11 is 1.89. The van der Waals surface area contributed by atoms with Gasteiger partial charge in [0, 0.05) is 40.2 Å². The standard InChI is InChI=1S/C15H17N3O2S/c1-10-7-14(16-9-15(21-2)5-6-15)12-8-11(18(19)20)3-4-13(12)17-10/h3-4,7-8H,5-6,9H2,1-2H3,(H,16,17). The lowest BCUT2D eigenvalue weighted by Crippen LogP contribution is -2.17. The molecule has 0 bridgehead atoms. The van der Waals surface area contributed by atoms with E-state index in [2.05, 4.69) is 16.6 Å². The summed E-state index contributed by atoms with van der Waals surface area (Å²) in [5.41, 5.74) is 2.73. The Hall–Kier alpha value is -1.82. The summed E-state index contributed by atoms with van der Waals surface area (Å²) in [4.78, 5) is 15.0. The molecule has 2 aromatic rings. The van der Waals surface area contributed by atoms with Crippen molar-refractivity contribution in [3.05, 3.63) is 40.1 Å². The molecule has 1 heterocycles. The maximum absolute atomic E-state index is 11.0. The number of nitrogens with one attached hydrogen (secondary N) is 1. The van der Waals surface area contributed by atoms with Crippen molar-refractivity contribution < 1.29 is 4.92 Å². The highest BCUT2D eigenvalue weighted by molar-refractivity contribution is 8.00. The van der Waals surface area contributed by atoms with Gasteiger partial charge in [-0.2, -0.15) is 11.8 Å². The predicted octanol–water partition coefficient (Wildman–Crippen LogP) is 3.76. The minimum atomic E-state index is -0.368. The van der Waals surface area contributed by atoms with Crippen LogP contribution in [0.15, 0.2) is 24.3 Å². The first kappa shape index (κ1) is 14.1. The van der Waals surface area contributed by atoms with Crippen LogP contribution in [0.4, 0.5) is 11.4 Å². The molecule has 1 aliphatic carbocycles. The molecule has 110 valence electrons. The Bertz CT molecular complexity index is 713. The Kier molecular flexibility index (Phi) is 3.49. The van der Waals surface area contributed by atoms with Crippen LogP contribution in [-0.2, 0) is 0 Å². The van der Waals surface area contributed by atoms with Crippen molar-refractivity contribution in [2.75, 3.05) is 18.1 Å². The maximum Gasteiger partial charge on any atom is 0.270 e. The zero-order chi connectivity index (χ0) is 15.0. The highest BCUT2D eigenvalue weighted by atomic mass is 32.2. The summed E-state index contributed by atoms with van der Waals surface area (Å²) in [6.07, 6.45) is 4.59. The van der Waals surface area contributed by atoms with Crippen LogP contribution in [0.3, 0.4) is 0 Å². The monoisotopic (exact) mass is 303 g/mol. The number of pyridine rings is 1. The Balaban J connectivity index is 1.98. The lowest BCUT2D eigenvalue weighted by Gasteiger charge is -2.16. The Morgan fingerprint density at radius 1 is 1.43 bits per heavy atom. The van der Waals surface area contributed by atoms with Crippen LogP contribution < -0.4 is 5.32 Å². The van der Waals surface area contributed by atoms with Crippen molar-refractivity contribution in [1.29, 1.82) is 0 Å². The number of thioether (sulfide) groups is 1. The van der Waals surface area contributed by atoms with Gasteiger partial charge < -0.3 is 5.32 Å². The van der Waals surface area contributed by atoms with Gasteiger partial charge in [-0.05, 0) is 38.2 Å². The molecule has 3 rings (SSSR count). The van der Waals surface area contributed by atoms with E-state index in [4.69, 9.17) is 0 Å². The molecule has 21 heavy (non-hydrogen) atoms. The van der Waals surface area contributed by atoms with E-state index in [1.807, 2.05) is 24.8 Å². The van der Waals surface area contributed by atoms with Gasteiger partial charge in [-0.1, -0.05) is 0 Å². The van der Waals surface area contributed by atoms with E-state index in [0.717, 1.165) is 28.8 Å². The lowest BCUT2D eigenvalue weighted by atomic mass is 10.1. The van der Waals surface area contributed by atoms with E-state index >= 15 is 0 Å². The quantitative estimate of drug-likeness (QED) is 0.673. The average Bonchev–Trinajstić information content (AvgIpc) is 3.24. The largest absolute Gasteiger partial charge is 0.383 e. The first-order valence-electron chi connectivity index (χ1n) is 6.88. The third-order valence-corrected chi connectivity index (χ3v) is 5.39. The van der Waals surface area contributed by atoms with Gasteiger partial charge in [0.25, 0.3) is 5.69 Å². The van der Waals surface area contributed by atoms with E-state index < -0.39 is 0 Å². The number of aromatic nitrogens is 1. The van der Waals surface area contributed by atoms with Crippen molar-refractivity contribution in [2.45, 2.75) is 24.5 Å². The third kappa shape index (κ3) is 2.81. The topological polar surface area (TPSA) is 68.1 Å². The van der Waals surface area contributed by atoms with Crippen LogP contribution >= 0.6 is 11.8 Å². The molecule has 0 atom stereocenters. The summed E-state index contributed by atoms with van der Waals surface area (Å²) in [7, 11) is 0. The van der Waals surface area contributed by atoms with Crippen molar-refractivity contribution >= 4 is 34.0 Å². The highest BCUT2D eigenvalue weighted by Crippen LogP contribution is 2.47. The van der Waals surface area contributed by atoms with Gasteiger partial charge in [0.15, 0.2) is 0 Å². The predicted molar refractivity (Wildman–Crippen MR) is 87.1 cm³/mol. The molecule has 1 saturated carbocycles. The zero-order valence-electron chi connectivity index (χ0n) is 12.0. The van der Waals surface area contributed by atoms with Crippen LogP contribution in [0.1, 0.15) is 18.5 Å². The van der Waals surface area contributed by atoms with Gasteiger partial charge in [0.1, 0.15) is 0 Å². The summed E-state index contributed by atoms with van der Waals surface area (Å²) in [5.74, 6) is 0. The Morgan fingerprint density at radius 2 is 2.19 bits per heavy atom. The molecule has 1 aliphatic rings. The van der Waals surface area contributed by atoms with Crippen LogP contribution in [0.25, 0.3) is 10.9 Å². The smallest absolute Gasteiger partial charge is 0.270 e. The number of rotatable bonds is 5. The van der Waals surface area contributed by atoms with Gasteiger partial charge in [0.05, 0.1) is 10.4 Å². The number of hydrogen-bond acceptors (Lipinski definition) is 5. The molecule has 1 N–H and O–H groups in total. The van der Waals surface area contributed by atoms with E-state index in [9.17, 15) is 10.1 Å². The summed E-state index contributed by atoms with van der Waals surface area (Å²) in [6.45, 7) is 2.82. The molecule has 0 unspecified atom stereocenters. The van der Waals surface area contributed by atoms with Gasteiger partial charge in [-0.15, -0.1) is 0 Å². The first-order valence-corrected chi connectivity index (χ1v) is 8.10. The van der Waals surface area contributed by atoms with Crippen LogP contribution in [0, 0.1) is 17.0 Å². The summed E-state index contributed by atoms with van der Waals surface area (Å²) < 4.78 is 0.338. The average molecular weight is 303 g/mol.